The van der Waals surface area contributed by atoms with Gasteiger partial charge in [-0.15, -0.1) is 11.6 Å². The van der Waals surface area contributed by atoms with Gasteiger partial charge in [0.05, 0.1) is 37.9 Å². The third-order valence-electron chi connectivity index (χ3n) is 23.5. The van der Waals surface area contributed by atoms with E-state index < -0.39 is 198 Å². The van der Waals surface area contributed by atoms with E-state index in [0.29, 0.717) is 38.5 Å². The minimum Gasteiger partial charge on any atom is -0.347 e. The molecule has 0 radical (unpaired) electrons. The second-order valence-electron chi connectivity index (χ2n) is 31.7. The van der Waals surface area contributed by atoms with Crippen molar-refractivity contribution < 1.29 is 83.9 Å². The van der Waals surface area contributed by atoms with E-state index in [9.17, 15) is 55.1 Å². The van der Waals surface area contributed by atoms with Crippen LogP contribution in [0.25, 0.3) is 0 Å². The largest absolute Gasteiger partial charge is 0.393 e. The van der Waals surface area contributed by atoms with Crippen LogP contribution in [-0.2, 0) is 57.5 Å². The summed E-state index contributed by atoms with van der Waals surface area (Å²) in [6.45, 7) is 5.10. The van der Waals surface area contributed by atoms with Crippen LogP contribution in [0.3, 0.4) is 0 Å². The van der Waals surface area contributed by atoms with Gasteiger partial charge in [-0.1, -0.05) is 72.0 Å². The lowest BCUT2D eigenvalue weighted by Gasteiger charge is -2.42. The molecule has 3 aliphatic heterocycles. The van der Waals surface area contributed by atoms with Crippen molar-refractivity contribution in [2.75, 3.05) is 88.6 Å². The van der Waals surface area contributed by atoms with Gasteiger partial charge in [-0.25, -0.2) is 0 Å². The molecule has 2 saturated heterocycles. The number of fused-ring (bicyclic) bond motifs is 4. The summed E-state index contributed by atoms with van der Waals surface area (Å²) >= 11 is 6.40. The molecular weight excluding hydrogens is 1400 g/mol. The molecule has 3 unspecified atom stereocenters. The van der Waals surface area contributed by atoms with Gasteiger partial charge in [0.15, 0.2) is 0 Å². The number of likely N-dealkylation sites (N-methyl/N-ethyl adjacent to an activating group) is 6. The first-order valence-electron chi connectivity index (χ1n) is 38.0. The number of nitrogens with one attached hydrogen (secondary N) is 3. The Morgan fingerprint density at radius 1 is 0.619 bits per heavy atom. The number of amides is 12. The molecular formula is C74H115ClF6N12O12. The van der Waals surface area contributed by atoms with Crippen molar-refractivity contribution >= 4 is 82.5 Å². The van der Waals surface area contributed by atoms with Crippen molar-refractivity contribution in [2.24, 2.45) is 41.4 Å². The molecule has 7 aliphatic rings. The SMILES string of the molecule is CC[C@H](C)[C@@H]1NC(=O)[C@H](CC(C)C)N(C)C(=O)C[C@@H](C(=O)N(C)C)N(C)C(=O)[C@H](C2CCCC2)N(C)C(=O)C2(CCCC2)NC(=O)[C@@H]2CCCN2C(=O)[C@H](CCC2CCC(C(F)(F)F)C(Cl)C2)NC(=O)CN(C)C(=O)[C@H](CC2CCC(C(F)(F)F)CC2)N2CC/C=C/CCN(CC2=O)C(=O)CN(C)C1=O. The Bertz CT molecular complexity index is 3120. The summed E-state index contributed by atoms with van der Waals surface area (Å²) in [6, 6.07) is -9.24. The number of rotatable bonds is 11. The van der Waals surface area contributed by atoms with Gasteiger partial charge in [-0.2, -0.15) is 26.3 Å². The Morgan fingerprint density at radius 2 is 1.24 bits per heavy atom. The lowest BCUT2D eigenvalue weighted by atomic mass is 9.78. The van der Waals surface area contributed by atoms with E-state index in [1.165, 1.54) is 83.6 Å². The van der Waals surface area contributed by atoms with Crippen LogP contribution in [0.5, 0.6) is 0 Å². The summed E-state index contributed by atoms with van der Waals surface area (Å²) in [7, 11) is 9.84. The zero-order chi connectivity index (χ0) is 77.7. The molecule has 6 fully saturated rings. The minimum absolute atomic E-state index is 0.00639. The van der Waals surface area contributed by atoms with E-state index in [4.69, 9.17) is 11.6 Å². The van der Waals surface area contributed by atoms with E-state index in [1.807, 2.05) is 13.8 Å². The van der Waals surface area contributed by atoms with Crippen LogP contribution in [0.4, 0.5) is 26.3 Å². The zero-order valence-corrected chi connectivity index (χ0v) is 64.1. The van der Waals surface area contributed by atoms with Gasteiger partial charge in [-0.05, 0) is 152 Å². The fourth-order valence-electron chi connectivity index (χ4n) is 16.9. The summed E-state index contributed by atoms with van der Waals surface area (Å²) in [6.07, 6.45) is -1.83. The molecule has 3 heterocycles. The van der Waals surface area contributed by atoms with Gasteiger partial charge in [-0.3, -0.25) is 57.5 Å². The lowest BCUT2D eigenvalue weighted by Crippen LogP contribution is -2.65. The molecule has 1 spiro atoms. The lowest BCUT2D eigenvalue weighted by molar-refractivity contribution is -0.184. The van der Waals surface area contributed by atoms with Gasteiger partial charge >= 0.3 is 12.4 Å². The van der Waals surface area contributed by atoms with Crippen LogP contribution in [0.2, 0.25) is 0 Å². The molecule has 4 aliphatic carbocycles. The van der Waals surface area contributed by atoms with Gasteiger partial charge in [0.1, 0.15) is 47.8 Å². The highest BCUT2D eigenvalue weighted by molar-refractivity contribution is 6.21. The van der Waals surface area contributed by atoms with Gasteiger partial charge in [0.2, 0.25) is 70.9 Å². The van der Waals surface area contributed by atoms with Crippen molar-refractivity contribution in [3.63, 3.8) is 0 Å². The van der Waals surface area contributed by atoms with Crippen LogP contribution in [0.1, 0.15) is 188 Å². The molecule has 12 amide bonds. The molecule has 2 bridgehead atoms. The molecule has 0 aromatic carbocycles. The summed E-state index contributed by atoms with van der Waals surface area (Å²) in [5.74, 6) is -14.0. The topological polar surface area (TPSA) is 270 Å². The predicted molar refractivity (Wildman–Crippen MR) is 379 cm³/mol. The van der Waals surface area contributed by atoms with Crippen molar-refractivity contribution in [1.29, 1.82) is 0 Å². The summed E-state index contributed by atoms with van der Waals surface area (Å²) in [5, 5.41) is 7.42. The highest BCUT2D eigenvalue weighted by Crippen LogP contribution is 2.45. The van der Waals surface area contributed by atoms with Crippen molar-refractivity contribution in [3.8, 4) is 0 Å². The molecule has 0 aromatic heterocycles. The molecule has 31 heteroatoms. The van der Waals surface area contributed by atoms with Gasteiger partial charge in [0, 0.05) is 74.3 Å². The average molecular weight is 1510 g/mol. The first kappa shape index (κ1) is 85.5. The second kappa shape index (κ2) is 37.4. The Hall–Kier alpha value is -6.75. The molecule has 4 saturated carbocycles. The first-order chi connectivity index (χ1) is 49.3. The standard InChI is InChI=1S/C74H115ClF6N12O12/c1-12-46(4)62-69(103)87(8)43-60(96)91-35-19-13-14-20-36-92(61(97)44-91)57(40-48-25-29-50(30-26-48)73(76,77)78)68(102)86(7)42-58(94)82-53(32-28-47-27-31-51(52(75)39-47)74(79,80)81)66(100)93-37-21-24-54(93)65(99)84-72(33-17-18-34-72)71(105)90(11)63(49-22-15-16-23-49)70(104)89(10)56(67(101)85(5)6)41-59(95)88(9)55(38-45(2)3)64(98)83-62/h13-14,45-57,62-63H,12,15-44H2,1-11H3,(H,82,94)(H,83,98)(H,84,99)/b14-13+/t46-,47?,48?,50?,51?,52?,53-,54-,55-,56-,57-,62-,63-/m0/s1. The molecule has 592 valence electrons. The molecule has 3 N–H and O–H groups in total. The third kappa shape index (κ3) is 21.8. The Balaban J connectivity index is 1.30. The van der Waals surface area contributed by atoms with E-state index in [2.05, 4.69) is 16.0 Å². The summed E-state index contributed by atoms with van der Waals surface area (Å²) in [5.41, 5.74) is -1.60. The molecule has 0 aromatic rings. The number of carbonyl (C=O) groups excluding carboxylic acids is 12. The summed E-state index contributed by atoms with van der Waals surface area (Å²) < 4.78 is 84.5. The fraction of sp³-hybridized carbons (Fsp3) is 0.811. The zero-order valence-electron chi connectivity index (χ0n) is 63.3. The van der Waals surface area contributed by atoms with Gasteiger partial charge in [0.25, 0.3) is 0 Å². The number of alkyl halides is 7. The predicted octanol–water partition coefficient (Wildman–Crippen LogP) is 7.05. The minimum atomic E-state index is -4.55. The first-order valence-corrected chi connectivity index (χ1v) is 38.5. The van der Waals surface area contributed by atoms with Crippen molar-refractivity contribution in [1.82, 2.24) is 60.0 Å². The Kier molecular flexibility index (Phi) is 30.4. The quantitative estimate of drug-likeness (QED) is 0.107. The van der Waals surface area contributed by atoms with E-state index in [1.54, 1.807) is 26.0 Å². The Morgan fingerprint density at radius 3 is 1.83 bits per heavy atom. The average Bonchev–Trinajstić information content (AvgIpc) is 1.72. The van der Waals surface area contributed by atoms with E-state index >= 15 is 28.8 Å². The highest BCUT2D eigenvalue weighted by Gasteiger charge is 2.53. The number of hydrogen-bond acceptors (Lipinski definition) is 12. The van der Waals surface area contributed by atoms with Crippen LogP contribution in [-0.4, -0.2) is 269 Å². The number of hydrogen-bond donors (Lipinski definition) is 3. The van der Waals surface area contributed by atoms with Gasteiger partial charge < -0.3 is 60.0 Å². The monoisotopic (exact) mass is 1510 g/mol. The highest BCUT2D eigenvalue weighted by atomic mass is 35.5. The van der Waals surface area contributed by atoms with E-state index in [0.717, 1.165) is 22.6 Å². The number of nitrogens with zero attached hydrogens (tertiary/aromatic N) is 9. The number of carbonyl (C=O) groups is 12. The Labute approximate surface area is 619 Å². The number of halogens is 7. The molecule has 7 rings (SSSR count). The van der Waals surface area contributed by atoms with Crippen molar-refractivity contribution in [3.05, 3.63) is 12.2 Å². The maximum absolute atomic E-state index is 15.6. The second-order valence-corrected chi connectivity index (χ2v) is 32.2. The van der Waals surface area contributed by atoms with Crippen LogP contribution >= 0.6 is 11.6 Å². The van der Waals surface area contributed by atoms with Crippen LogP contribution in [0.15, 0.2) is 12.2 Å². The third-order valence-corrected chi connectivity index (χ3v) is 24.0. The molecule has 11 atom stereocenters. The maximum atomic E-state index is 15.6. The summed E-state index contributed by atoms with van der Waals surface area (Å²) in [4.78, 5) is 191. The normalized spacial score (nSPS) is 30.6. The van der Waals surface area contributed by atoms with E-state index in [-0.39, 0.29) is 128 Å². The molecule has 24 nitrogen and oxygen atoms in total. The maximum Gasteiger partial charge on any atom is 0.393 e. The van der Waals surface area contributed by atoms with Crippen LogP contribution in [0, 0.1) is 41.4 Å². The molecule has 105 heavy (non-hydrogen) atoms. The fourth-order valence-corrected chi connectivity index (χ4v) is 17.5. The smallest absolute Gasteiger partial charge is 0.347 e. The van der Waals surface area contributed by atoms with Crippen LogP contribution < -0.4 is 16.0 Å². The van der Waals surface area contributed by atoms with Crippen molar-refractivity contribution in [2.45, 2.75) is 254 Å².